The fraction of sp³-hybridized carbons (Fsp3) is 0.556. The number of nitrogens with zero attached hydrogens (tertiary/aromatic N) is 2. The Morgan fingerprint density at radius 3 is 2.35 bits per heavy atom. The molecule has 1 fully saturated rings. The number of hydrogen-bond donors (Lipinski definition) is 0. The number of carbonyl (C=O) groups is 2. The highest BCUT2D eigenvalue weighted by atomic mass is 79.9. The molecule has 0 unspecified atom stereocenters. The third-order valence-corrected chi connectivity index (χ3v) is 4.61. The predicted octanol–water partition coefficient (Wildman–Crippen LogP) is 3.16. The SMILES string of the molecule is CCCOc1c(Br)cc(C(=O)N2CCN(C(=O)OCC)CC2)cc1OC. The average molecular weight is 429 g/mol. The van der Waals surface area contributed by atoms with Crippen molar-refractivity contribution in [2.45, 2.75) is 20.3 Å². The van der Waals surface area contributed by atoms with Crippen molar-refractivity contribution in [1.29, 1.82) is 0 Å². The van der Waals surface area contributed by atoms with E-state index in [1.807, 2.05) is 6.92 Å². The van der Waals surface area contributed by atoms with Gasteiger partial charge >= 0.3 is 6.09 Å². The van der Waals surface area contributed by atoms with E-state index in [-0.39, 0.29) is 12.0 Å². The number of piperazine rings is 1. The van der Waals surface area contributed by atoms with Gasteiger partial charge in [-0.05, 0) is 41.4 Å². The molecule has 0 aromatic heterocycles. The van der Waals surface area contributed by atoms with Crippen molar-refractivity contribution in [1.82, 2.24) is 9.80 Å². The van der Waals surface area contributed by atoms with Crippen LogP contribution < -0.4 is 9.47 Å². The van der Waals surface area contributed by atoms with Crippen LogP contribution in [0.2, 0.25) is 0 Å². The van der Waals surface area contributed by atoms with Crippen LogP contribution in [0.3, 0.4) is 0 Å². The van der Waals surface area contributed by atoms with Crippen LogP contribution >= 0.6 is 15.9 Å². The van der Waals surface area contributed by atoms with E-state index in [9.17, 15) is 9.59 Å². The lowest BCUT2D eigenvalue weighted by Crippen LogP contribution is -2.50. The number of amides is 2. The number of methoxy groups -OCH3 is 1. The van der Waals surface area contributed by atoms with Crippen molar-refractivity contribution in [2.75, 3.05) is 46.5 Å². The molecule has 1 aromatic carbocycles. The van der Waals surface area contributed by atoms with Crippen LogP contribution in [0.15, 0.2) is 16.6 Å². The van der Waals surface area contributed by atoms with Crippen LogP contribution in [-0.4, -0.2) is 68.3 Å². The van der Waals surface area contributed by atoms with Crippen LogP contribution in [0, 0.1) is 0 Å². The van der Waals surface area contributed by atoms with E-state index in [0.717, 1.165) is 6.42 Å². The molecule has 26 heavy (non-hydrogen) atoms. The molecule has 2 amide bonds. The van der Waals surface area contributed by atoms with Gasteiger partial charge in [0.2, 0.25) is 0 Å². The Bertz CT molecular complexity index is 645. The first-order valence-electron chi connectivity index (χ1n) is 8.73. The molecule has 2 rings (SSSR count). The van der Waals surface area contributed by atoms with Gasteiger partial charge in [0.05, 0.1) is 24.8 Å². The van der Waals surface area contributed by atoms with Gasteiger partial charge < -0.3 is 24.0 Å². The summed E-state index contributed by atoms with van der Waals surface area (Å²) in [4.78, 5) is 27.9. The molecule has 144 valence electrons. The summed E-state index contributed by atoms with van der Waals surface area (Å²) in [5.41, 5.74) is 0.516. The zero-order valence-corrected chi connectivity index (χ0v) is 17.0. The zero-order valence-electron chi connectivity index (χ0n) is 15.4. The van der Waals surface area contributed by atoms with Gasteiger partial charge in [-0.25, -0.2) is 4.79 Å². The third kappa shape index (κ3) is 4.81. The smallest absolute Gasteiger partial charge is 0.409 e. The van der Waals surface area contributed by atoms with Crippen molar-refractivity contribution in [3.63, 3.8) is 0 Å². The van der Waals surface area contributed by atoms with Crippen molar-refractivity contribution >= 4 is 27.9 Å². The Morgan fingerprint density at radius 2 is 1.77 bits per heavy atom. The summed E-state index contributed by atoms with van der Waals surface area (Å²) >= 11 is 3.46. The van der Waals surface area contributed by atoms with Gasteiger partial charge in [-0.2, -0.15) is 0 Å². The van der Waals surface area contributed by atoms with Gasteiger partial charge in [-0.15, -0.1) is 0 Å². The third-order valence-electron chi connectivity index (χ3n) is 4.02. The maximum absolute atomic E-state index is 12.8. The van der Waals surface area contributed by atoms with Gasteiger partial charge in [-0.3, -0.25) is 4.79 Å². The van der Waals surface area contributed by atoms with E-state index < -0.39 is 0 Å². The van der Waals surface area contributed by atoms with Crippen molar-refractivity contribution in [3.05, 3.63) is 22.2 Å². The first-order valence-corrected chi connectivity index (χ1v) is 9.52. The first-order chi connectivity index (χ1) is 12.5. The van der Waals surface area contributed by atoms with E-state index in [2.05, 4.69) is 15.9 Å². The van der Waals surface area contributed by atoms with Crippen LogP contribution in [0.5, 0.6) is 11.5 Å². The second-order valence-electron chi connectivity index (χ2n) is 5.82. The van der Waals surface area contributed by atoms with Gasteiger partial charge in [0.15, 0.2) is 11.5 Å². The molecule has 0 atom stereocenters. The average Bonchev–Trinajstić information content (AvgIpc) is 2.66. The summed E-state index contributed by atoms with van der Waals surface area (Å²) in [6, 6.07) is 3.43. The Morgan fingerprint density at radius 1 is 1.12 bits per heavy atom. The first kappa shape index (κ1) is 20.4. The lowest BCUT2D eigenvalue weighted by molar-refractivity contribution is 0.0570. The minimum Gasteiger partial charge on any atom is -0.493 e. The second-order valence-corrected chi connectivity index (χ2v) is 6.67. The zero-order chi connectivity index (χ0) is 19.1. The van der Waals surface area contributed by atoms with E-state index >= 15 is 0 Å². The maximum Gasteiger partial charge on any atom is 0.409 e. The molecule has 0 saturated carbocycles. The molecule has 0 bridgehead atoms. The van der Waals surface area contributed by atoms with E-state index in [1.165, 1.54) is 0 Å². The van der Waals surface area contributed by atoms with Gasteiger partial charge in [0.25, 0.3) is 5.91 Å². The Labute approximate surface area is 162 Å². The monoisotopic (exact) mass is 428 g/mol. The minimum absolute atomic E-state index is 0.102. The summed E-state index contributed by atoms with van der Waals surface area (Å²) in [7, 11) is 1.55. The summed E-state index contributed by atoms with van der Waals surface area (Å²) in [5, 5.41) is 0. The highest BCUT2D eigenvalue weighted by Crippen LogP contribution is 2.37. The Balaban J connectivity index is 2.08. The molecule has 1 aliphatic heterocycles. The quantitative estimate of drug-likeness (QED) is 0.695. The molecule has 1 aromatic rings. The lowest BCUT2D eigenvalue weighted by Gasteiger charge is -2.34. The number of rotatable bonds is 6. The van der Waals surface area contributed by atoms with Crippen LogP contribution in [0.4, 0.5) is 4.79 Å². The van der Waals surface area contributed by atoms with Crippen molar-refractivity contribution in [2.24, 2.45) is 0 Å². The second kappa shape index (κ2) is 9.66. The molecule has 1 saturated heterocycles. The molecule has 8 heteroatoms. The molecule has 7 nitrogen and oxygen atoms in total. The van der Waals surface area contributed by atoms with E-state index in [0.29, 0.717) is 60.9 Å². The molecular weight excluding hydrogens is 404 g/mol. The van der Waals surface area contributed by atoms with Gasteiger partial charge in [-0.1, -0.05) is 6.92 Å². The van der Waals surface area contributed by atoms with E-state index in [1.54, 1.807) is 36.0 Å². The summed E-state index contributed by atoms with van der Waals surface area (Å²) in [5.74, 6) is 1.01. The van der Waals surface area contributed by atoms with Gasteiger partial charge in [0.1, 0.15) is 0 Å². The van der Waals surface area contributed by atoms with Crippen molar-refractivity contribution in [3.8, 4) is 11.5 Å². The van der Waals surface area contributed by atoms with Crippen LogP contribution in [0.25, 0.3) is 0 Å². The molecule has 1 heterocycles. The number of carbonyl (C=O) groups excluding carboxylic acids is 2. The predicted molar refractivity (Wildman–Crippen MR) is 101 cm³/mol. The summed E-state index contributed by atoms with van der Waals surface area (Å²) in [6.45, 7) is 6.56. The largest absolute Gasteiger partial charge is 0.493 e. The normalized spacial score (nSPS) is 14.2. The van der Waals surface area contributed by atoms with Gasteiger partial charge in [0, 0.05) is 31.7 Å². The molecule has 0 aliphatic carbocycles. The maximum atomic E-state index is 12.8. The number of ether oxygens (including phenoxy) is 3. The number of hydrogen-bond acceptors (Lipinski definition) is 5. The summed E-state index contributed by atoms with van der Waals surface area (Å²) < 4.78 is 16.8. The lowest BCUT2D eigenvalue weighted by atomic mass is 10.1. The topological polar surface area (TPSA) is 68.3 Å². The minimum atomic E-state index is -0.332. The fourth-order valence-corrected chi connectivity index (χ4v) is 3.23. The molecule has 1 aliphatic rings. The van der Waals surface area contributed by atoms with Crippen LogP contribution in [0.1, 0.15) is 30.6 Å². The molecule has 0 N–H and O–H groups in total. The standard InChI is InChI=1S/C18H25BrN2O5/c1-4-10-26-16-14(19)11-13(12-15(16)24-3)17(22)20-6-8-21(9-7-20)18(23)25-5-2/h11-12H,4-10H2,1-3H3. The van der Waals surface area contributed by atoms with Crippen molar-refractivity contribution < 1.29 is 23.8 Å². The number of benzene rings is 1. The highest BCUT2D eigenvalue weighted by Gasteiger charge is 2.26. The number of halogens is 1. The highest BCUT2D eigenvalue weighted by molar-refractivity contribution is 9.10. The molecular formula is C18H25BrN2O5. The summed E-state index contributed by atoms with van der Waals surface area (Å²) in [6.07, 6.45) is 0.544. The van der Waals surface area contributed by atoms with E-state index in [4.69, 9.17) is 14.2 Å². The fourth-order valence-electron chi connectivity index (χ4n) is 2.68. The van der Waals surface area contributed by atoms with Crippen LogP contribution in [-0.2, 0) is 4.74 Å². The Hall–Kier alpha value is -1.96. The Kier molecular flexibility index (Phi) is 7.56. The molecule has 0 radical (unpaired) electrons. The molecule has 0 spiro atoms.